The molecule has 0 radical (unpaired) electrons. The van der Waals surface area contributed by atoms with E-state index in [4.69, 9.17) is 10.5 Å². The van der Waals surface area contributed by atoms with Gasteiger partial charge in [-0.15, -0.1) is 0 Å². The number of carbonyl (C=O) groups is 1. The standard InChI is InChI=1S/C14H18FNO2/c1-10(2)7-8-18-14(17)6-4-11-3-5-12(15)9-13(11)16/h3-6,9-10H,7-8,16H2,1-2H3. The van der Waals surface area contributed by atoms with Crippen molar-refractivity contribution in [2.24, 2.45) is 5.92 Å². The molecule has 0 aliphatic heterocycles. The van der Waals surface area contributed by atoms with Crippen molar-refractivity contribution in [1.29, 1.82) is 0 Å². The van der Waals surface area contributed by atoms with Crippen molar-refractivity contribution in [2.75, 3.05) is 12.3 Å². The summed E-state index contributed by atoms with van der Waals surface area (Å²) in [5.41, 5.74) is 6.49. The number of nitrogens with two attached hydrogens (primary N) is 1. The molecule has 98 valence electrons. The lowest BCUT2D eigenvalue weighted by molar-refractivity contribution is -0.137. The molecule has 0 unspecified atom stereocenters. The van der Waals surface area contributed by atoms with Gasteiger partial charge in [-0.25, -0.2) is 9.18 Å². The molecule has 0 aliphatic rings. The summed E-state index contributed by atoms with van der Waals surface area (Å²) >= 11 is 0. The Morgan fingerprint density at radius 2 is 2.22 bits per heavy atom. The van der Waals surface area contributed by atoms with Gasteiger partial charge in [0.2, 0.25) is 0 Å². The average Bonchev–Trinajstić information content (AvgIpc) is 2.27. The van der Waals surface area contributed by atoms with E-state index >= 15 is 0 Å². The molecule has 0 saturated heterocycles. The average molecular weight is 251 g/mol. The van der Waals surface area contributed by atoms with Crippen LogP contribution < -0.4 is 5.73 Å². The van der Waals surface area contributed by atoms with Gasteiger partial charge in [-0.3, -0.25) is 0 Å². The highest BCUT2D eigenvalue weighted by atomic mass is 19.1. The molecule has 0 spiro atoms. The Morgan fingerprint density at radius 1 is 1.50 bits per heavy atom. The van der Waals surface area contributed by atoms with E-state index in [0.29, 0.717) is 23.8 Å². The van der Waals surface area contributed by atoms with Gasteiger partial charge >= 0.3 is 5.97 Å². The Morgan fingerprint density at radius 3 is 2.83 bits per heavy atom. The van der Waals surface area contributed by atoms with E-state index in [0.717, 1.165) is 6.42 Å². The maximum Gasteiger partial charge on any atom is 0.330 e. The van der Waals surface area contributed by atoms with E-state index in [-0.39, 0.29) is 0 Å². The minimum Gasteiger partial charge on any atom is -0.463 e. The fraction of sp³-hybridized carbons (Fsp3) is 0.357. The molecule has 0 heterocycles. The van der Waals surface area contributed by atoms with E-state index in [2.05, 4.69) is 13.8 Å². The van der Waals surface area contributed by atoms with Crippen LogP contribution in [-0.4, -0.2) is 12.6 Å². The Labute approximate surface area is 106 Å². The Bertz CT molecular complexity index is 441. The molecule has 2 N–H and O–H groups in total. The summed E-state index contributed by atoms with van der Waals surface area (Å²) < 4.78 is 17.8. The Kier molecular flexibility index (Phi) is 5.36. The molecule has 4 heteroatoms. The largest absolute Gasteiger partial charge is 0.463 e. The molecule has 0 aromatic heterocycles. The quantitative estimate of drug-likeness (QED) is 0.497. The normalized spacial score (nSPS) is 11.1. The maximum absolute atomic E-state index is 12.8. The molecule has 0 fully saturated rings. The zero-order chi connectivity index (χ0) is 13.5. The number of carbonyl (C=O) groups excluding carboxylic acids is 1. The molecule has 3 nitrogen and oxygen atoms in total. The van der Waals surface area contributed by atoms with Gasteiger partial charge in [-0.05, 0) is 36.1 Å². The molecule has 1 aromatic carbocycles. The molecule has 18 heavy (non-hydrogen) atoms. The van der Waals surface area contributed by atoms with Crippen LogP contribution in [0.5, 0.6) is 0 Å². The number of nitrogen functional groups attached to an aromatic ring is 1. The number of hydrogen-bond acceptors (Lipinski definition) is 3. The van der Waals surface area contributed by atoms with Gasteiger partial charge in [0.05, 0.1) is 6.61 Å². The SMILES string of the molecule is CC(C)CCOC(=O)C=Cc1ccc(F)cc1N. The lowest BCUT2D eigenvalue weighted by Crippen LogP contribution is -2.04. The van der Waals surface area contributed by atoms with Gasteiger partial charge in [0.1, 0.15) is 5.82 Å². The molecule has 0 atom stereocenters. The summed E-state index contributed by atoms with van der Waals surface area (Å²) in [6, 6.07) is 4.02. The van der Waals surface area contributed by atoms with Gasteiger partial charge in [0.15, 0.2) is 0 Å². The van der Waals surface area contributed by atoms with Gasteiger partial charge in [-0.1, -0.05) is 19.9 Å². The highest BCUT2D eigenvalue weighted by Gasteiger charge is 2.01. The topological polar surface area (TPSA) is 52.3 Å². The van der Waals surface area contributed by atoms with E-state index in [1.54, 1.807) is 0 Å². The van der Waals surface area contributed by atoms with Gasteiger partial charge in [0.25, 0.3) is 0 Å². The van der Waals surface area contributed by atoms with Crippen LogP contribution in [0.4, 0.5) is 10.1 Å². The third-order valence-electron chi connectivity index (χ3n) is 2.39. The number of esters is 1. The lowest BCUT2D eigenvalue weighted by atomic mass is 10.1. The van der Waals surface area contributed by atoms with Gasteiger partial charge in [-0.2, -0.15) is 0 Å². The molecule has 0 saturated carbocycles. The van der Waals surface area contributed by atoms with Crippen molar-refractivity contribution < 1.29 is 13.9 Å². The van der Waals surface area contributed by atoms with Crippen molar-refractivity contribution >= 4 is 17.7 Å². The molecule has 1 rings (SSSR count). The highest BCUT2D eigenvalue weighted by molar-refractivity contribution is 5.88. The maximum atomic E-state index is 12.8. The predicted molar refractivity (Wildman–Crippen MR) is 70.3 cm³/mol. The van der Waals surface area contributed by atoms with Crippen LogP contribution in [0.1, 0.15) is 25.8 Å². The fourth-order valence-corrected chi connectivity index (χ4v) is 1.30. The van der Waals surface area contributed by atoms with Crippen molar-refractivity contribution in [3.63, 3.8) is 0 Å². The number of halogens is 1. The van der Waals surface area contributed by atoms with Crippen LogP contribution in [0.3, 0.4) is 0 Å². The molecular formula is C14H18FNO2. The third kappa shape index (κ3) is 4.99. The lowest BCUT2D eigenvalue weighted by Gasteiger charge is -2.04. The number of ether oxygens (including phenoxy) is 1. The highest BCUT2D eigenvalue weighted by Crippen LogP contribution is 2.14. The zero-order valence-corrected chi connectivity index (χ0v) is 10.7. The fourth-order valence-electron chi connectivity index (χ4n) is 1.30. The summed E-state index contributed by atoms with van der Waals surface area (Å²) in [6.07, 6.45) is 3.65. The van der Waals surface area contributed by atoms with Crippen LogP contribution in [0.15, 0.2) is 24.3 Å². The number of hydrogen-bond donors (Lipinski definition) is 1. The number of rotatable bonds is 5. The predicted octanol–water partition coefficient (Wildman–Crippen LogP) is 3.01. The molecule has 0 amide bonds. The van der Waals surface area contributed by atoms with Crippen molar-refractivity contribution in [2.45, 2.75) is 20.3 Å². The summed E-state index contributed by atoms with van der Waals surface area (Å²) in [7, 11) is 0. The smallest absolute Gasteiger partial charge is 0.330 e. The summed E-state index contributed by atoms with van der Waals surface area (Å²) in [5.74, 6) is -0.321. The first-order valence-corrected chi connectivity index (χ1v) is 5.89. The van der Waals surface area contributed by atoms with E-state index in [1.165, 1.54) is 30.4 Å². The van der Waals surface area contributed by atoms with Crippen LogP contribution in [0, 0.1) is 11.7 Å². The monoisotopic (exact) mass is 251 g/mol. The number of benzene rings is 1. The minimum atomic E-state index is -0.417. The van der Waals surface area contributed by atoms with Crippen LogP contribution in [-0.2, 0) is 9.53 Å². The summed E-state index contributed by atoms with van der Waals surface area (Å²) in [4.78, 5) is 11.4. The first kappa shape index (κ1) is 14.2. The van der Waals surface area contributed by atoms with E-state index in [1.807, 2.05) is 0 Å². The summed E-state index contributed by atoms with van der Waals surface area (Å²) in [5, 5.41) is 0. The van der Waals surface area contributed by atoms with Crippen molar-refractivity contribution in [3.8, 4) is 0 Å². The van der Waals surface area contributed by atoms with Crippen molar-refractivity contribution in [1.82, 2.24) is 0 Å². The first-order valence-electron chi connectivity index (χ1n) is 5.89. The van der Waals surface area contributed by atoms with Crippen molar-refractivity contribution in [3.05, 3.63) is 35.7 Å². The Balaban J connectivity index is 2.50. The second-order valence-corrected chi connectivity index (χ2v) is 4.46. The number of anilines is 1. The van der Waals surface area contributed by atoms with E-state index in [9.17, 15) is 9.18 Å². The second-order valence-electron chi connectivity index (χ2n) is 4.46. The molecule has 0 aliphatic carbocycles. The summed E-state index contributed by atoms with van der Waals surface area (Å²) in [6.45, 7) is 4.52. The third-order valence-corrected chi connectivity index (χ3v) is 2.39. The minimum absolute atomic E-state index is 0.293. The van der Waals surface area contributed by atoms with Crippen LogP contribution in [0.2, 0.25) is 0 Å². The second kappa shape index (κ2) is 6.79. The van der Waals surface area contributed by atoms with Crippen LogP contribution in [0.25, 0.3) is 6.08 Å². The van der Waals surface area contributed by atoms with Gasteiger partial charge < -0.3 is 10.5 Å². The molecule has 1 aromatic rings. The van der Waals surface area contributed by atoms with Gasteiger partial charge in [0, 0.05) is 11.8 Å². The zero-order valence-electron chi connectivity index (χ0n) is 10.7. The molecule has 0 bridgehead atoms. The Hall–Kier alpha value is -1.84. The first-order chi connectivity index (χ1) is 8.49. The van der Waals surface area contributed by atoms with E-state index < -0.39 is 11.8 Å². The molecular weight excluding hydrogens is 233 g/mol. The van der Waals surface area contributed by atoms with Crippen LogP contribution >= 0.6 is 0 Å².